The molecule has 28 heavy (non-hydrogen) atoms. The second-order valence-corrected chi connectivity index (χ2v) is 10.0. The van der Waals surface area contributed by atoms with Crippen LogP contribution in [0.25, 0.3) is 4.96 Å². The van der Waals surface area contributed by atoms with E-state index in [0.717, 1.165) is 15.1 Å². The summed E-state index contributed by atoms with van der Waals surface area (Å²) in [6, 6.07) is 9.55. The van der Waals surface area contributed by atoms with Gasteiger partial charge >= 0.3 is 170 Å². The van der Waals surface area contributed by atoms with Gasteiger partial charge in [-0.15, -0.1) is 0 Å². The van der Waals surface area contributed by atoms with Crippen molar-refractivity contribution in [2.75, 3.05) is 6.54 Å². The van der Waals surface area contributed by atoms with Crippen molar-refractivity contribution < 1.29 is 18.0 Å². The van der Waals surface area contributed by atoms with Crippen LogP contribution < -0.4 is 4.46 Å². The molecule has 1 aliphatic rings. The van der Waals surface area contributed by atoms with E-state index in [1.54, 1.807) is 21.1 Å². The van der Waals surface area contributed by atoms with Crippen LogP contribution >= 0.6 is 11.3 Å². The zero-order valence-electron chi connectivity index (χ0n) is 14.7. The first-order chi connectivity index (χ1) is 13.4. The zero-order valence-corrected chi connectivity index (χ0v) is 17.2. The molecule has 4 rings (SSSR count). The summed E-state index contributed by atoms with van der Waals surface area (Å²) in [5.41, 5.74) is 2.44. The van der Waals surface area contributed by atoms with E-state index in [2.05, 4.69) is 10.1 Å². The van der Waals surface area contributed by atoms with Crippen molar-refractivity contribution >= 4 is 41.6 Å². The average Bonchev–Trinajstić information content (AvgIpc) is 3.33. The summed E-state index contributed by atoms with van der Waals surface area (Å²) >= 11 is 1.18. The number of likely N-dealkylation sites (tertiary alicyclic amines) is 1. The number of aromatic nitrogens is 3. The van der Waals surface area contributed by atoms with Gasteiger partial charge in [0, 0.05) is 0 Å². The normalized spacial score (nSPS) is 20.4. The van der Waals surface area contributed by atoms with Gasteiger partial charge in [0.05, 0.1) is 0 Å². The molecule has 0 radical (unpaired) electrons. The molecule has 1 amide bonds. The summed E-state index contributed by atoms with van der Waals surface area (Å²) < 4.78 is 41.1. The molecular weight excluding hydrogens is 456 g/mol. The fourth-order valence-corrected chi connectivity index (χ4v) is 6.65. The van der Waals surface area contributed by atoms with Crippen molar-refractivity contribution in [3.8, 4) is 0 Å². The van der Waals surface area contributed by atoms with E-state index in [1.807, 2.05) is 30.3 Å². The van der Waals surface area contributed by atoms with Gasteiger partial charge in [-0.05, 0) is 0 Å². The van der Waals surface area contributed by atoms with Crippen LogP contribution in [0.2, 0.25) is 4.82 Å². The molecule has 1 aliphatic heterocycles. The first-order valence-corrected chi connectivity index (χ1v) is 11.5. The molecule has 0 bridgehead atoms. The molecule has 10 heteroatoms. The number of hydrogen-bond donors (Lipinski definition) is 0. The van der Waals surface area contributed by atoms with E-state index >= 15 is 0 Å². The fourth-order valence-electron chi connectivity index (χ4n) is 3.36. The van der Waals surface area contributed by atoms with Gasteiger partial charge in [-0.1, -0.05) is 0 Å². The molecule has 2 aromatic heterocycles. The Balaban J connectivity index is 1.53. The molecule has 2 unspecified atom stereocenters. The third-order valence-electron chi connectivity index (χ3n) is 4.69. The van der Waals surface area contributed by atoms with Crippen molar-refractivity contribution in [2.24, 2.45) is 5.92 Å². The molecule has 0 spiro atoms. The van der Waals surface area contributed by atoms with Gasteiger partial charge < -0.3 is 0 Å². The molecule has 0 N–H and O–H groups in total. The number of carbonyl (C=O) groups excluding carboxylic acids is 1. The number of fused-ring (bicyclic) bond motifs is 1. The van der Waals surface area contributed by atoms with E-state index < -0.39 is 12.6 Å². The van der Waals surface area contributed by atoms with Crippen molar-refractivity contribution in [2.45, 2.75) is 30.4 Å². The first kappa shape index (κ1) is 19.4. The molecule has 1 aromatic carbocycles. The van der Waals surface area contributed by atoms with Crippen LogP contribution in [0.15, 0.2) is 42.0 Å². The van der Waals surface area contributed by atoms with Crippen molar-refractivity contribution in [3.63, 3.8) is 0 Å². The van der Waals surface area contributed by atoms with Gasteiger partial charge in [-0.25, -0.2) is 0 Å². The van der Waals surface area contributed by atoms with Crippen LogP contribution in [0, 0.1) is 5.92 Å². The van der Waals surface area contributed by atoms with Crippen LogP contribution in [0.4, 0.5) is 13.2 Å². The number of imidazole rings is 1. The Bertz CT molecular complexity index is 959. The Hall–Kier alpha value is -1.90. The number of hydrogen-bond acceptors (Lipinski definition) is 4. The maximum absolute atomic E-state index is 13.1. The van der Waals surface area contributed by atoms with E-state index in [0.29, 0.717) is 13.1 Å². The van der Waals surface area contributed by atoms with Gasteiger partial charge in [-0.3, -0.25) is 0 Å². The number of alkyl halides is 3. The van der Waals surface area contributed by atoms with Gasteiger partial charge in [0.1, 0.15) is 0 Å². The van der Waals surface area contributed by atoms with Gasteiger partial charge in [-0.2, -0.15) is 0 Å². The quantitative estimate of drug-likeness (QED) is 0.518. The van der Waals surface area contributed by atoms with Crippen LogP contribution in [-0.4, -0.2) is 53.1 Å². The minimum absolute atomic E-state index is 0.0243. The van der Waals surface area contributed by atoms with E-state index in [-0.39, 0.29) is 38.0 Å². The Morgan fingerprint density at radius 3 is 2.79 bits per heavy atom. The molecule has 1 fully saturated rings. The van der Waals surface area contributed by atoms with Gasteiger partial charge in [0.2, 0.25) is 0 Å². The van der Waals surface area contributed by atoms with Crippen LogP contribution in [0.3, 0.4) is 0 Å². The number of carbonyl (C=O) groups is 1. The van der Waals surface area contributed by atoms with Gasteiger partial charge in [0.25, 0.3) is 0 Å². The third kappa shape index (κ3) is 4.24. The maximum atomic E-state index is 13.1. The Labute approximate surface area is 169 Å². The Morgan fingerprint density at radius 1 is 1.25 bits per heavy atom. The van der Waals surface area contributed by atoms with E-state index in [4.69, 9.17) is 0 Å². The third-order valence-corrected chi connectivity index (χ3v) is 8.29. The summed E-state index contributed by atoms with van der Waals surface area (Å²) in [5, 5.41) is 4.21. The number of halogens is 3. The Morgan fingerprint density at radius 2 is 2.04 bits per heavy atom. The SMILES string of the molecule is O=C1C([Se]c2ccccc2)C(CCC(F)(F)F)CN1Cc1cnc2scnn12. The number of amides is 1. The predicted octanol–water partition coefficient (Wildman–Crippen LogP) is 2.91. The number of nitrogens with zero attached hydrogens (tertiary/aromatic N) is 4. The first-order valence-electron chi connectivity index (χ1n) is 8.74. The molecule has 2 atom stereocenters. The second kappa shape index (κ2) is 7.85. The zero-order chi connectivity index (χ0) is 19.7. The van der Waals surface area contributed by atoms with Crippen LogP contribution in [0.1, 0.15) is 18.5 Å². The Kier molecular flexibility index (Phi) is 5.44. The van der Waals surface area contributed by atoms with Crippen molar-refractivity contribution in [3.05, 3.63) is 47.7 Å². The monoisotopic (exact) mass is 474 g/mol. The summed E-state index contributed by atoms with van der Waals surface area (Å²) in [6.07, 6.45) is -3.42. The molecular formula is C18H17F3N4OSSe. The van der Waals surface area contributed by atoms with Crippen molar-refractivity contribution in [1.82, 2.24) is 19.5 Å². The molecule has 0 saturated carbocycles. The number of rotatable bonds is 6. The second-order valence-electron chi connectivity index (χ2n) is 6.67. The van der Waals surface area contributed by atoms with Gasteiger partial charge in [0.15, 0.2) is 0 Å². The molecule has 148 valence electrons. The van der Waals surface area contributed by atoms with E-state index in [1.165, 1.54) is 11.3 Å². The van der Waals surface area contributed by atoms with Crippen LogP contribution in [-0.2, 0) is 11.3 Å². The molecule has 5 nitrogen and oxygen atoms in total. The molecule has 3 heterocycles. The standard InChI is InChI=1S/C18H17F3N4OSSe/c19-18(20,21)7-6-12-9-24(10-13-8-22-17-25(13)23-11-27-17)16(26)15(12)28-14-4-2-1-3-5-14/h1-5,8,11-12,15H,6-7,9-10H2. The summed E-state index contributed by atoms with van der Waals surface area (Å²) in [6.45, 7) is 0.652. The van der Waals surface area contributed by atoms with Crippen molar-refractivity contribution in [1.29, 1.82) is 0 Å². The number of benzene rings is 1. The predicted molar refractivity (Wildman–Crippen MR) is 101 cm³/mol. The van der Waals surface area contributed by atoms with Crippen LogP contribution in [0.5, 0.6) is 0 Å². The summed E-state index contributed by atoms with van der Waals surface area (Å²) in [5.74, 6) is -0.366. The molecule has 0 aliphatic carbocycles. The van der Waals surface area contributed by atoms with E-state index in [9.17, 15) is 18.0 Å². The minimum atomic E-state index is -4.21. The summed E-state index contributed by atoms with van der Waals surface area (Å²) in [4.78, 5) is 19.3. The molecule has 1 saturated heterocycles. The summed E-state index contributed by atoms with van der Waals surface area (Å²) in [7, 11) is 0. The fraction of sp³-hybridized carbons (Fsp3) is 0.389. The molecule has 3 aromatic rings. The topological polar surface area (TPSA) is 50.5 Å². The average molecular weight is 473 g/mol.